The fourth-order valence-corrected chi connectivity index (χ4v) is 2.42. The minimum atomic E-state index is 1.07. The van der Waals surface area contributed by atoms with E-state index < -0.39 is 0 Å². The molecule has 0 unspecified atom stereocenters. The Kier molecular flexibility index (Phi) is 2.53. The molecule has 4 rings (SSSR count). The van der Waals surface area contributed by atoms with Crippen LogP contribution in [0.25, 0.3) is 32.7 Å². The molecule has 20 heavy (non-hydrogen) atoms. The molecule has 0 aliphatic rings. The smallest absolute Gasteiger partial charge is 0.00141 e. The molecule has 0 heterocycles. The van der Waals surface area contributed by atoms with E-state index >= 15 is 0 Å². The second-order valence-electron chi connectivity index (χ2n) is 4.77. The van der Waals surface area contributed by atoms with Crippen molar-refractivity contribution in [2.45, 2.75) is 0 Å². The maximum Gasteiger partial charge on any atom is -0.00141 e. The topological polar surface area (TPSA) is 0 Å². The molecule has 4 aromatic rings. The molecule has 0 nitrogen and oxygen atoms in total. The van der Waals surface area contributed by atoms with Gasteiger partial charge >= 0.3 is 0 Å². The van der Waals surface area contributed by atoms with Gasteiger partial charge < -0.3 is 0 Å². The van der Waals surface area contributed by atoms with E-state index in [0.717, 1.165) is 32.7 Å². The highest BCUT2D eigenvalue weighted by atomic mass is 14.1. The van der Waals surface area contributed by atoms with Crippen molar-refractivity contribution in [3.8, 4) is 11.1 Å². The van der Waals surface area contributed by atoms with Gasteiger partial charge in [-0.05, 0) is 69.1 Å². The van der Waals surface area contributed by atoms with Crippen LogP contribution in [0.15, 0.2) is 60.7 Å². The Morgan fingerprint density at radius 2 is 1.05 bits per heavy atom. The molecule has 0 fully saturated rings. The van der Waals surface area contributed by atoms with Gasteiger partial charge in [0.1, 0.15) is 0 Å². The molecule has 0 N–H and O–H groups in total. The highest BCUT2D eigenvalue weighted by molar-refractivity contribution is 5.90. The Bertz CT molecular complexity index is 826. The summed E-state index contributed by atoms with van der Waals surface area (Å²) in [5.41, 5.74) is 2.14. The van der Waals surface area contributed by atoms with Crippen molar-refractivity contribution >= 4 is 21.5 Å². The van der Waals surface area contributed by atoms with Crippen molar-refractivity contribution in [3.63, 3.8) is 0 Å². The summed E-state index contributed by atoms with van der Waals surface area (Å²) in [7, 11) is 0. The molecule has 0 bridgehead atoms. The Balaban J connectivity index is 1.91. The van der Waals surface area contributed by atoms with E-state index in [4.69, 9.17) is 0 Å². The first-order chi connectivity index (χ1) is 9.90. The second kappa shape index (κ2) is 4.50. The number of hydrogen-bond acceptors (Lipinski definition) is 0. The van der Waals surface area contributed by atoms with E-state index in [-0.39, 0.29) is 0 Å². The Hall–Kier alpha value is -2.60. The van der Waals surface area contributed by atoms with Gasteiger partial charge in [0, 0.05) is 0 Å². The van der Waals surface area contributed by atoms with Crippen LogP contribution in [0.1, 0.15) is 0 Å². The zero-order valence-corrected chi connectivity index (χ0v) is 10.8. The van der Waals surface area contributed by atoms with Crippen LogP contribution in [0.4, 0.5) is 0 Å². The summed E-state index contributed by atoms with van der Waals surface area (Å²) in [6.45, 7) is 0. The molecular weight excluding hydrogens is 240 g/mol. The molecule has 0 heteroatoms. The van der Waals surface area contributed by atoms with Crippen LogP contribution in [0.3, 0.4) is 0 Å². The van der Waals surface area contributed by atoms with Crippen LogP contribution >= 0.6 is 0 Å². The third-order valence-electron chi connectivity index (χ3n) is 3.48. The first-order valence-electron chi connectivity index (χ1n) is 6.55. The molecule has 4 aromatic carbocycles. The summed E-state index contributed by atoms with van der Waals surface area (Å²) in [6.07, 6.45) is 0. The molecule has 0 aliphatic heterocycles. The van der Waals surface area contributed by atoms with E-state index in [1.165, 1.54) is 0 Å². The van der Waals surface area contributed by atoms with Gasteiger partial charge in [-0.3, -0.25) is 0 Å². The summed E-state index contributed by atoms with van der Waals surface area (Å²) in [6, 6.07) is 33.3. The van der Waals surface area contributed by atoms with Crippen LogP contribution in [0, 0.1) is 24.3 Å². The quantitative estimate of drug-likeness (QED) is 0.452. The maximum absolute atomic E-state index is 3.45. The van der Waals surface area contributed by atoms with Crippen LogP contribution in [-0.2, 0) is 0 Å². The van der Waals surface area contributed by atoms with Crippen molar-refractivity contribution in [1.29, 1.82) is 0 Å². The van der Waals surface area contributed by atoms with Crippen molar-refractivity contribution in [1.82, 2.24) is 0 Å². The summed E-state index contributed by atoms with van der Waals surface area (Å²) in [5, 5.41) is 4.53. The highest BCUT2D eigenvalue weighted by Crippen LogP contribution is 2.26. The van der Waals surface area contributed by atoms with Gasteiger partial charge in [0.15, 0.2) is 0 Å². The zero-order valence-electron chi connectivity index (χ0n) is 10.8. The molecule has 0 aliphatic carbocycles. The third kappa shape index (κ3) is 1.86. The molecule has 90 valence electrons. The Morgan fingerprint density at radius 1 is 0.550 bits per heavy atom. The second-order valence-corrected chi connectivity index (χ2v) is 4.77. The van der Waals surface area contributed by atoms with E-state index in [1.807, 2.05) is 36.4 Å². The average Bonchev–Trinajstić information content (AvgIpc) is 2.54. The molecule has 0 atom stereocenters. The number of fused-ring (bicyclic) bond motifs is 2. The van der Waals surface area contributed by atoms with Crippen molar-refractivity contribution in [2.24, 2.45) is 0 Å². The van der Waals surface area contributed by atoms with Crippen molar-refractivity contribution in [2.75, 3.05) is 0 Å². The van der Waals surface area contributed by atoms with Gasteiger partial charge in [-0.25, -0.2) is 0 Å². The predicted octanol–water partition coefficient (Wildman–Crippen LogP) is 4.86. The van der Waals surface area contributed by atoms with E-state index in [1.54, 1.807) is 0 Å². The van der Waals surface area contributed by atoms with Crippen LogP contribution in [-0.4, -0.2) is 0 Å². The third-order valence-corrected chi connectivity index (χ3v) is 3.48. The lowest BCUT2D eigenvalue weighted by Gasteiger charge is -2.05. The average molecular weight is 250 g/mol. The first-order valence-corrected chi connectivity index (χ1v) is 6.55. The fourth-order valence-electron chi connectivity index (χ4n) is 2.42. The molecular formula is C20H10. The molecule has 0 saturated carbocycles. The number of benzene rings is 4. The van der Waals surface area contributed by atoms with Gasteiger partial charge in [0.2, 0.25) is 0 Å². The lowest BCUT2D eigenvalue weighted by molar-refractivity contribution is 1.65. The minimum Gasteiger partial charge on any atom is -0.0537 e. The molecule has 4 radical (unpaired) electrons. The van der Waals surface area contributed by atoms with Crippen molar-refractivity contribution in [3.05, 3.63) is 84.9 Å². The van der Waals surface area contributed by atoms with Crippen LogP contribution in [0.2, 0.25) is 0 Å². The lowest BCUT2D eigenvalue weighted by atomic mass is 9.99. The summed E-state index contributed by atoms with van der Waals surface area (Å²) >= 11 is 0. The molecule has 0 spiro atoms. The standard InChI is InChI=1S/C20H10/c1-3-7-17-13-19(11-9-15(17)5-1)20-12-10-16-6-2-4-8-18(16)14-20/h3-12H. The van der Waals surface area contributed by atoms with Gasteiger partial charge in [-0.2, -0.15) is 0 Å². The molecule has 0 saturated heterocycles. The SMILES string of the molecule is [c]1ccc2[c]c(-c3[c]c4cc[c]cc4cc3)ccc2c1. The fraction of sp³-hybridized carbons (Fsp3) is 0. The van der Waals surface area contributed by atoms with Crippen LogP contribution < -0.4 is 0 Å². The van der Waals surface area contributed by atoms with Crippen molar-refractivity contribution < 1.29 is 0 Å². The van der Waals surface area contributed by atoms with Gasteiger partial charge in [-0.15, -0.1) is 0 Å². The predicted molar refractivity (Wildman–Crippen MR) is 82.2 cm³/mol. The summed E-state index contributed by atoms with van der Waals surface area (Å²) < 4.78 is 0. The normalized spacial score (nSPS) is 11.0. The molecule has 0 amide bonds. The summed E-state index contributed by atoms with van der Waals surface area (Å²) in [4.78, 5) is 0. The Labute approximate surface area is 118 Å². The number of rotatable bonds is 1. The maximum atomic E-state index is 3.45. The van der Waals surface area contributed by atoms with E-state index in [2.05, 4.69) is 48.5 Å². The largest absolute Gasteiger partial charge is 0.0537 e. The van der Waals surface area contributed by atoms with Gasteiger partial charge in [0.05, 0.1) is 0 Å². The monoisotopic (exact) mass is 250 g/mol. The first kappa shape index (κ1) is 11.2. The highest BCUT2D eigenvalue weighted by Gasteiger charge is 2.02. The van der Waals surface area contributed by atoms with Crippen LogP contribution in [0.5, 0.6) is 0 Å². The Morgan fingerprint density at radius 3 is 1.55 bits per heavy atom. The van der Waals surface area contributed by atoms with Gasteiger partial charge in [0.25, 0.3) is 0 Å². The van der Waals surface area contributed by atoms with Gasteiger partial charge in [-0.1, -0.05) is 48.5 Å². The number of hydrogen-bond donors (Lipinski definition) is 0. The van der Waals surface area contributed by atoms with E-state index in [0.29, 0.717) is 0 Å². The summed E-state index contributed by atoms with van der Waals surface area (Å²) in [5.74, 6) is 0. The minimum absolute atomic E-state index is 1.07. The lowest BCUT2D eigenvalue weighted by Crippen LogP contribution is -1.81. The molecule has 0 aromatic heterocycles. The van der Waals surface area contributed by atoms with E-state index in [9.17, 15) is 0 Å². The zero-order chi connectivity index (χ0) is 13.4.